The molecule has 2 aromatic carbocycles. The Bertz CT molecular complexity index is 731. The van der Waals surface area contributed by atoms with Crippen molar-refractivity contribution in [2.24, 2.45) is 23.7 Å². The number of ether oxygens (including phenoxy) is 1. The van der Waals surface area contributed by atoms with Crippen LogP contribution in [0.1, 0.15) is 39.2 Å². The Morgan fingerprint density at radius 2 is 1.26 bits per heavy atom. The van der Waals surface area contributed by atoms with E-state index in [-0.39, 0.29) is 44.0 Å². The van der Waals surface area contributed by atoms with Gasteiger partial charge in [-0.2, -0.15) is 0 Å². The predicted molar refractivity (Wildman–Crippen MR) is 114 cm³/mol. The number of nitrogens with zero attached hydrogens (tertiary/aromatic N) is 1. The second-order valence-corrected chi connectivity index (χ2v) is 7.34. The van der Waals surface area contributed by atoms with E-state index < -0.39 is 0 Å². The zero-order chi connectivity index (χ0) is 16.1. The summed E-state index contributed by atoms with van der Waals surface area (Å²) in [5.41, 5.74) is 3.33. The zero-order valence-electron chi connectivity index (χ0n) is 17.8. The van der Waals surface area contributed by atoms with Gasteiger partial charge in [0.2, 0.25) is 0 Å². The van der Waals surface area contributed by atoms with E-state index in [1.165, 1.54) is 5.56 Å². The Labute approximate surface area is 182 Å². The van der Waals surface area contributed by atoms with Gasteiger partial charge >= 0.3 is 21.7 Å². The Hall–Kier alpha value is -1.25. The second-order valence-electron chi connectivity index (χ2n) is 7.34. The van der Waals surface area contributed by atoms with Crippen molar-refractivity contribution in [2.45, 2.75) is 33.6 Å². The van der Waals surface area contributed by atoms with Crippen LogP contribution in [0.15, 0.2) is 42.5 Å². The molecule has 4 unspecified atom stereocenters. The maximum absolute atomic E-state index is 6.11. The molecule has 0 bridgehead atoms. The summed E-state index contributed by atoms with van der Waals surface area (Å²) < 4.78 is 6.11. The Kier molecular flexibility index (Phi) is 9.35. The van der Waals surface area contributed by atoms with Crippen LogP contribution in [-0.4, -0.2) is 0 Å². The molecule has 1 aliphatic heterocycles. The summed E-state index contributed by atoms with van der Waals surface area (Å²) in [7, 11) is 0. The fourth-order valence-corrected chi connectivity index (χ4v) is 4.54. The average molecular weight is 399 g/mol. The summed E-state index contributed by atoms with van der Waals surface area (Å²) in [6.07, 6.45) is 0. The molecule has 0 N–H and O–H groups in total. The third-order valence-electron chi connectivity index (χ3n) is 6.33. The first-order valence-corrected chi connectivity index (χ1v) is 8.69. The van der Waals surface area contributed by atoms with Gasteiger partial charge in [-0.15, -0.1) is 0 Å². The van der Waals surface area contributed by atoms with Crippen LogP contribution in [0, 0.1) is 46.0 Å². The minimum atomic E-state index is 0. The van der Waals surface area contributed by atoms with E-state index in [0.29, 0.717) is 17.8 Å². The van der Waals surface area contributed by atoms with Gasteiger partial charge in [-0.05, 0) is 41.7 Å². The van der Waals surface area contributed by atoms with E-state index in [0.717, 1.165) is 34.7 Å². The van der Waals surface area contributed by atoms with Crippen molar-refractivity contribution >= 4 is 11.4 Å². The first-order valence-electron chi connectivity index (χ1n) is 8.69. The molecule has 1 fully saturated rings. The summed E-state index contributed by atoms with van der Waals surface area (Å²) in [5.74, 6) is 5.11. The smallest absolute Gasteiger partial charge is 0.652 e. The van der Waals surface area contributed by atoms with E-state index in [4.69, 9.17) is 10.1 Å². The zero-order valence-corrected chi connectivity index (χ0v) is 19.3. The maximum Gasteiger partial charge on any atom is 4.00 e. The van der Waals surface area contributed by atoms with Gasteiger partial charge in [-0.3, -0.25) is 0 Å². The van der Waals surface area contributed by atoms with Gasteiger partial charge in [-0.1, -0.05) is 75.0 Å². The molecule has 4 atom stereocenters. The molecule has 1 heterocycles. The van der Waals surface area contributed by atoms with Gasteiger partial charge in [0.25, 0.3) is 0 Å². The second kappa shape index (κ2) is 9.80. The van der Waals surface area contributed by atoms with Crippen LogP contribution in [0.5, 0.6) is 11.5 Å². The molecule has 1 saturated carbocycles. The van der Waals surface area contributed by atoms with Crippen LogP contribution in [0.2, 0.25) is 0 Å². The third kappa shape index (κ3) is 4.12. The number of para-hydroxylation sites is 3. The maximum atomic E-state index is 6.11. The van der Waals surface area contributed by atoms with Crippen molar-refractivity contribution in [1.29, 1.82) is 0 Å². The molecular weight excluding hydrogens is 366 g/mol. The van der Waals surface area contributed by atoms with E-state index in [9.17, 15) is 0 Å². The molecule has 4 rings (SSSR count). The molecule has 2 aromatic rings. The van der Waals surface area contributed by atoms with Crippen molar-refractivity contribution in [1.82, 2.24) is 0 Å². The minimum Gasteiger partial charge on any atom is -0.652 e. The van der Waals surface area contributed by atoms with Gasteiger partial charge in [0.15, 0.2) is 0 Å². The molecule has 2 aliphatic rings. The van der Waals surface area contributed by atoms with Crippen molar-refractivity contribution < 1.29 is 26.5 Å². The molecule has 0 radical (unpaired) electrons. The number of rotatable bonds is 1. The van der Waals surface area contributed by atoms with E-state index in [1.54, 1.807) is 0 Å². The number of benzene rings is 2. The van der Waals surface area contributed by atoms with Gasteiger partial charge < -0.3 is 32.3 Å². The average Bonchev–Trinajstić information content (AvgIpc) is 2.76. The van der Waals surface area contributed by atoms with Crippen molar-refractivity contribution in [3.05, 3.63) is 75.6 Å². The fourth-order valence-electron chi connectivity index (χ4n) is 4.54. The summed E-state index contributed by atoms with van der Waals surface area (Å²) in [4.78, 5) is 0. The topological polar surface area (TPSA) is 23.3 Å². The molecule has 144 valence electrons. The van der Waals surface area contributed by atoms with E-state index >= 15 is 0 Å². The van der Waals surface area contributed by atoms with Crippen molar-refractivity contribution in [2.75, 3.05) is 0 Å². The summed E-state index contributed by atoms with van der Waals surface area (Å²) in [6.45, 7) is 9.58. The van der Waals surface area contributed by atoms with Crippen molar-refractivity contribution in [3.8, 4) is 11.5 Å². The van der Waals surface area contributed by atoms with Crippen LogP contribution in [0.25, 0.3) is 5.32 Å². The van der Waals surface area contributed by atoms with Crippen LogP contribution < -0.4 is 4.74 Å². The standard InChI is InChI=1S/C21H24NO.3CH3.Ti/c1-12-13(2)15(4)20(14(12)3)16-8-7-11-19-21(16)22-17-9-5-6-10-18(17)23-19;;;;/h5-15,20H,1-4H3;3*1H3;/q4*-1;+4. The van der Waals surface area contributed by atoms with Crippen LogP contribution in [0.4, 0.5) is 11.4 Å². The van der Waals surface area contributed by atoms with Gasteiger partial charge in [-0.25, -0.2) is 0 Å². The van der Waals surface area contributed by atoms with E-state index in [1.807, 2.05) is 30.3 Å². The SMILES string of the molecule is CC1C(C)C(C)C(c2cccc3c2[N-]c2ccccc2O3)C1C.[CH3-].[CH3-].[CH3-].[Ti+4]. The first-order chi connectivity index (χ1) is 11.1. The molecule has 0 aromatic heterocycles. The monoisotopic (exact) mass is 399 g/mol. The minimum absolute atomic E-state index is 0. The molecule has 0 saturated heterocycles. The van der Waals surface area contributed by atoms with E-state index in [2.05, 4.69) is 39.8 Å². The van der Waals surface area contributed by atoms with Crippen molar-refractivity contribution in [3.63, 3.8) is 0 Å². The Morgan fingerprint density at radius 3 is 1.89 bits per heavy atom. The Balaban J connectivity index is 0.00000169. The first kappa shape index (κ1) is 25.8. The summed E-state index contributed by atoms with van der Waals surface area (Å²) in [5, 5.41) is 4.95. The molecular formula is C24H33NOTi. The number of hydrogen-bond acceptors (Lipinski definition) is 1. The van der Waals surface area contributed by atoms with Crippen LogP contribution in [-0.2, 0) is 21.7 Å². The van der Waals surface area contributed by atoms with Gasteiger partial charge in [0.1, 0.15) is 11.5 Å². The predicted octanol–water partition coefficient (Wildman–Crippen LogP) is 8.12. The van der Waals surface area contributed by atoms with Crippen LogP contribution >= 0.6 is 0 Å². The Morgan fingerprint density at radius 1 is 0.704 bits per heavy atom. The molecule has 27 heavy (non-hydrogen) atoms. The molecule has 3 heteroatoms. The number of hydrogen-bond donors (Lipinski definition) is 0. The summed E-state index contributed by atoms with van der Waals surface area (Å²) in [6, 6.07) is 14.4. The van der Waals surface area contributed by atoms with Gasteiger partial charge in [0, 0.05) is 0 Å². The third-order valence-corrected chi connectivity index (χ3v) is 6.33. The number of fused-ring (bicyclic) bond motifs is 2. The summed E-state index contributed by atoms with van der Waals surface area (Å²) >= 11 is 0. The fraction of sp³-hybridized carbons (Fsp3) is 0.375. The largest absolute Gasteiger partial charge is 4.00 e. The van der Waals surface area contributed by atoms with Crippen LogP contribution in [0.3, 0.4) is 0 Å². The molecule has 0 amide bonds. The normalized spacial score (nSPS) is 27.0. The van der Waals surface area contributed by atoms with Gasteiger partial charge in [0.05, 0.1) is 0 Å². The molecule has 1 aliphatic carbocycles. The molecule has 2 nitrogen and oxygen atoms in total. The quantitative estimate of drug-likeness (QED) is 0.299. The molecule has 0 spiro atoms.